The van der Waals surface area contributed by atoms with Gasteiger partial charge in [0.25, 0.3) is 0 Å². The third-order valence-corrected chi connectivity index (χ3v) is 4.26. The van der Waals surface area contributed by atoms with Crippen LogP contribution in [-0.4, -0.2) is 32.4 Å². The Morgan fingerprint density at radius 2 is 1.86 bits per heavy atom. The van der Waals surface area contributed by atoms with Crippen LogP contribution in [0.1, 0.15) is 25.7 Å². The van der Waals surface area contributed by atoms with Crippen LogP contribution in [0.25, 0.3) is 10.8 Å². The molecule has 1 aliphatic rings. The quantitative estimate of drug-likeness (QED) is 0.790. The molecule has 22 heavy (non-hydrogen) atoms. The average molecular weight is 299 g/mol. The normalized spacial score (nSPS) is 18.5. The lowest BCUT2D eigenvalue weighted by molar-refractivity contribution is 0.0915. The molecule has 1 fully saturated rings. The van der Waals surface area contributed by atoms with E-state index >= 15 is 0 Å². The Hall–Kier alpha value is -1.58. The zero-order chi connectivity index (χ0) is 15.0. The Kier molecular flexibility index (Phi) is 5.68. The molecule has 0 spiro atoms. The smallest absolute Gasteiger partial charge is 0.127 e. The van der Waals surface area contributed by atoms with E-state index < -0.39 is 0 Å². The molecule has 0 bridgehead atoms. The Labute approximate surface area is 132 Å². The first-order valence-electron chi connectivity index (χ1n) is 8.35. The topological polar surface area (TPSA) is 30.5 Å². The Bertz CT molecular complexity index is 573. The number of ether oxygens (including phenoxy) is 2. The molecule has 0 amide bonds. The molecule has 1 unspecified atom stereocenters. The molecule has 0 saturated carbocycles. The first kappa shape index (κ1) is 15.3. The highest BCUT2D eigenvalue weighted by atomic mass is 16.5. The maximum atomic E-state index is 5.87. The van der Waals surface area contributed by atoms with Gasteiger partial charge in [-0.2, -0.15) is 0 Å². The van der Waals surface area contributed by atoms with Gasteiger partial charge in [0.1, 0.15) is 12.4 Å². The van der Waals surface area contributed by atoms with E-state index in [-0.39, 0.29) is 0 Å². The molecule has 2 aromatic rings. The van der Waals surface area contributed by atoms with Crippen LogP contribution in [0, 0.1) is 0 Å². The third-order valence-electron chi connectivity index (χ3n) is 4.26. The highest BCUT2D eigenvalue weighted by Gasteiger charge is 2.11. The molecular formula is C19H25NO2. The SMILES string of the molecule is c1ccc2c(OCCOCCC3CCCCN3)cccc2c1. The van der Waals surface area contributed by atoms with E-state index in [2.05, 4.69) is 29.6 Å². The molecule has 0 radical (unpaired) electrons. The maximum absolute atomic E-state index is 5.87. The second kappa shape index (κ2) is 8.16. The van der Waals surface area contributed by atoms with E-state index in [0.717, 1.165) is 30.7 Å². The van der Waals surface area contributed by atoms with E-state index in [1.165, 1.54) is 24.6 Å². The fourth-order valence-electron chi connectivity index (χ4n) is 3.03. The van der Waals surface area contributed by atoms with Crippen LogP contribution in [0.2, 0.25) is 0 Å². The number of benzene rings is 2. The Morgan fingerprint density at radius 3 is 2.77 bits per heavy atom. The predicted octanol–water partition coefficient (Wildman–Crippen LogP) is 3.77. The fraction of sp³-hybridized carbons (Fsp3) is 0.474. The molecule has 1 N–H and O–H groups in total. The van der Waals surface area contributed by atoms with Gasteiger partial charge in [0.15, 0.2) is 0 Å². The van der Waals surface area contributed by atoms with Gasteiger partial charge in [0.05, 0.1) is 6.61 Å². The van der Waals surface area contributed by atoms with Crippen molar-refractivity contribution in [1.82, 2.24) is 5.32 Å². The molecule has 1 aliphatic heterocycles. The minimum atomic E-state index is 0.603. The zero-order valence-electron chi connectivity index (χ0n) is 13.1. The largest absolute Gasteiger partial charge is 0.491 e. The molecule has 1 heterocycles. The molecule has 1 saturated heterocycles. The van der Waals surface area contributed by atoms with Crippen molar-refractivity contribution in [3.05, 3.63) is 42.5 Å². The van der Waals surface area contributed by atoms with Crippen molar-refractivity contribution in [3.63, 3.8) is 0 Å². The van der Waals surface area contributed by atoms with Gasteiger partial charge in [0.2, 0.25) is 0 Å². The van der Waals surface area contributed by atoms with Gasteiger partial charge >= 0.3 is 0 Å². The van der Waals surface area contributed by atoms with Gasteiger partial charge in [-0.1, -0.05) is 42.8 Å². The summed E-state index contributed by atoms with van der Waals surface area (Å²) < 4.78 is 11.6. The summed E-state index contributed by atoms with van der Waals surface area (Å²) in [4.78, 5) is 0. The highest BCUT2D eigenvalue weighted by Crippen LogP contribution is 2.24. The van der Waals surface area contributed by atoms with Crippen molar-refractivity contribution in [2.75, 3.05) is 26.4 Å². The molecule has 118 valence electrons. The summed E-state index contributed by atoms with van der Waals surface area (Å²) in [5.74, 6) is 0.940. The first-order chi connectivity index (χ1) is 10.9. The minimum absolute atomic E-state index is 0.603. The summed E-state index contributed by atoms with van der Waals surface area (Å²) in [6.07, 6.45) is 5.06. The number of hydrogen-bond acceptors (Lipinski definition) is 3. The molecule has 0 aliphatic carbocycles. The summed E-state index contributed by atoms with van der Waals surface area (Å²) in [6, 6.07) is 15.1. The molecule has 1 atom stereocenters. The highest BCUT2D eigenvalue weighted by molar-refractivity contribution is 5.88. The van der Waals surface area contributed by atoms with Crippen molar-refractivity contribution in [1.29, 1.82) is 0 Å². The number of fused-ring (bicyclic) bond motifs is 1. The molecule has 3 heteroatoms. The summed E-state index contributed by atoms with van der Waals surface area (Å²) in [5, 5.41) is 5.92. The van der Waals surface area contributed by atoms with Gasteiger partial charge in [-0.05, 0) is 37.3 Å². The Balaban J connectivity index is 1.37. The monoisotopic (exact) mass is 299 g/mol. The van der Waals surface area contributed by atoms with Crippen molar-refractivity contribution in [2.24, 2.45) is 0 Å². The van der Waals surface area contributed by atoms with Crippen molar-refractivity contribution < 1.29 is 9.47 Å². The lowest BCUT2D eigenvalue weighted by Crippen LogP contribution is -2.34. The van der Waals surface area contributed by atoms with Crippen LogP contribution in [0.3, 0.4) is 0 Å². The van der Waals surface area contributed by atoms with Gasteiger partial charge in [-0.3, -0.25) is 0 Å². The second-order valence-corrected chi connectivity index (χ2v) is 5.87. The van der Waals surface area contributed by atoms with Crippen LogP contribution in [-0.2, 0) is 4.74 Å². The van der Waals surface area contributed by atoms with Gasteiger partial charge in [-0.25, -0.2) is 0 Å². The number of piperidine rings is 1. The van der Waals surface area contributed by atoms with Crippen LogP contribution in [0.4, 0.5) is 0 Å². The molecule has 2 aromatic carbocycles. The lowest BCUT2D eigenvalue weighted by atomic mass is 10.0. The van der Waals surface area contributed by atoms with Crippen molar-refractivity contribution in [2.45, 2.75) is 31.7 Å². The number of rotatable bonds is 7. The molecular weight excluding hydrogens is 274 g/mol. The second-order valence-electron chi connectivity index (χ2n) is 5.87. The maximum Gasteiger partial charge on any atom is 0.127 e. The van der Waals surface area contributed by atoms with Crippen LogP contribution < -0.4 is 10.1 Å². The third kappa shape index (κ3) is 4.21. The van der Waals surface area contributed by atoms with Crippen molar-refractivity contribution >= 4 is 10.8 Å². The average Bonchev–Trinajstić information content (AvgIpc) is 2.59. The summed E-state index contributed by atoms with van der Waals surface area (Å²) >= 11 is 0. The summed E-state index contributed by atoms with van der Waals surface area (Å²) in [6.45, 7) is 3.23. The summed E-state index contributed by atoms with van der Waals surface area (Å²) in [5.41, 5.74) is 0. The predicted molar refractivity (Wildman–Crippen MR) is 90.5 cm³/mol. The van der Waals surface area contributed by atoms with E-state index in [0.29, 0.717) is 19.3 Å². The van der Waals surface area contributed by atoms with E-state index in [4.69, 9.17) is 9.47 Å². The fourth-order valence-corrected chi connectivity index (χ4v) is 3.03. The number of nitrogens with one attached hydrogen (secondary N) is 1. The number of hydrogen-bond donors (Lipinski definition) is 1. The van der Waals surface area contributed by atoms with Crippen LogP contribution >= 0.6 is 0 Å². The van der Waals surface area contributed by atoms with E-state index in [9.17, 15) is 0 Å². The Morgan fingerprint density at radius 1 is 0.955 bits per heavy atom. The van der Waals surface area contributed by atoms with E-state index in [1.807, 2.05) is 18.2 Å². The minimum Gasteiger partial charge on any atom is -0.491 e. The standard InChI is InChI=1S/C19H25NO2/c1-2-9-18-16(6-1)7-5-10-19(18)22-15-14-21-13-11-17-8-3-4-12-20-17/h1-2,5-7,9-10,17,20H,3-4,8,11-15H2. The lowest BCUT2D eigenvalue weighted by Gasteiger charge is -2.23. The zero-order valence-corrected chi connectivity index (χ0v) is 13.1. The van der Waals surface area contributed by atoms with Crippen molar-refractivity contribution in [3.8, 4) is 5.75 Å². The molecule has 3 rings (SSSR count). The first-order valence-corrected chi connectivity index (χ1v) is 8.35. The van der Waals surface area contributed by atoms with Gasteiger partial charge in [0, 0.05) is 18.0 Å². The van der Waals surface area contributed by atoms with E-state index in [1.54, 1.807) is 0 Å². The van der Waals surface area contributed by atoms with Crippen LogP contribution in [0.5, 0.6) is 5.75 Å². The molecule has 3 nitrogen and oxygen atoms in total. The van der Waals surface area contributed by atoms with Gasteiger partial charge < -0.3 is 14.8 Å². The molecule has 0 aromatic heterocycles. The summed E-state index contributed by atoms with van der Waals surface area (Å²) in [7, 11) is 0. The van der Waals surface area contributed by atoms with Crippen LogP contribution in [0.15, 0.2) is 42.5 Å². The van der Waals surface area contributed by atoms with Gasteiger partial charge in [-0.15, -0.1) is 0 Å².